The van der Waals surface area contributed by atoms with Crippen molar-refractivity contribution in [3.05, 3.63) is 29.3 Å². The Morgan fingerprint density at radius 2 is 1.62 bits per heavy atom. The standard InChI is InChI=1S/C18H26N2O3S/c1-15-8-9-16(18(21)19-10-4-2-3-5-11-19)14-17(15)20-12-6-7-13-24(20,22)23/h8-9,14H,2-7,10-13H2,1H3. The number of amides is 1. The predicted octanol–water partition coefficient (Wildman–Crippen LogP) is 2.94. The first-order valence-corrected chi connectivity index (χ1v) is 10.5. The quantitative estimate of drug-likeness (QED) is 0.824. The third kappa shape index (κ3) is 3.58. The molecule has 2 saturated heterocycles. The van der Waals surface area contributed by atoms with E-state index in [1.165, 1.54) is 17.1 Å². The number of hydrogen-bond acceptors (Lipinski definition) is 3. The summed E-state index contributed by atoms with van der Waals surface area (Å²) in [5, 5.41) is 0. The summed E-state index contributed by atoms with van der Waals surface area (Å²) in [6.07, 6.45) is 6.02. The first kappa shape index (κ1) is 17.3. The number of rotatable bonds is 2. The van der Waals surface area contributed by atoms with E-state index in [9.17, 15) is 13.2 Å². The van der Waals surface area contributed by atoms with Crippen molar-refractivity contribution in [3.8, 4) is 0 Å². The molecular weight excluding hydrogens is 324 g/mol. The van der Waals surface area contributed by atoms with E-state index in [0.29, 0.717) is 24.2 Å². The van der Waals surface area contributed by atoms with Crippen LogP contribution in [-0.2, 0) is 10.0 Å². The van der Waals surface area contributed by atoms with Crippen LogP contribution in [0.3, 0.4) is 0 Å². The molecule has 2 aliphatic rings. The molecular formula is C18H26N2O3S. The first-order valence-electron chi connectivity index (χ1n) is 8.89. The minimum absolute atomic E-state index is 0.0209. The van der Waals surface area contributed by atoms with Crippen molar-refractivity contribution in [1.29, 1.82) is 0 Å². The number of nitrogens with zero attached hydrogens (tertiary/aromatic N) is 2. The number of likely N-dealkylation sites (tertiary alicyclic amines) is 1. The monoisotopic (exact) mass is 350 g/mol. The molecule has 2 aliphatic heterocycles. The Labute approximate surface area is 144 Å². The second-order valence-electron chi connectivity index (χ2n) is 6.80. The molecule has 1 aromatic carbocycles. The van der Waals surface area contributed by atoms with Crippen molar-refractivity contribution in [3.63, 3.8) is 0 Å². The topological polar surface area (TPSA) is 57.7 Å². The number of carbonyl (C=O) groups is 1. The summed E-state index contributed by atoms with van der Waals surface area (Å²) < 4.78 is 26.3. The number of carbonyl (C=O) groups excluding carboxylic acids is 1. The largest absolute Gasteiger partial charge is 0.339 e. The smallest absolute Gasteiger partial charge is 0.253 e. The third-order valence-electron chi connectivity index (χ3n) is 4.97. The highest BCUT2D eigenvalue weighted by Gasteiger charge is 2.28. The Morgan fingerprint density at radius 1 is 0.958 bits per heavy atom. The van der Waals surface area contributed by atoms with Gasteiger partial charge in [-0.3, -0.25) is 9.10 Å². The molecule has 0 bridgehead atoms. The zero-order chi connectivity index (χ0) is 17.2. The molecule has 3 rings (SSSR count). The van der Waals surface area contributed by atoms with Gasteiger partial charge in [-0.05, 0) is 50.3 Å². The molecule has 24 heavy (non-hydrogen) atoms. The van der Waals surface area contributed by atoms with Gasteiger partial charge >= 0.3 is 0 Å². The van der Waals surface area contributed by atoms with E-state index in [2.05, 4.69) is 0 Å². The summed E-state index contributed by atoms with van der Waals surface area (Å²) in [4.78, 5) is 14.7. The number of sulfonamides is 1. The van der Waals surface area contributed by atoms with Crippen LogP contribution in [0, 0.1) is 6.92 Å². The molecule has 0 spiro atoms. The lowest BCUT2D eigenvalue weighted by Gasteiger charge is -2.30. The summed E-state index contributed by atoms with van der Waals surface area (Å²) in [6.45, 7) is 4.00. The third-order valence-corrected chi connectivity index (χ3v) is 6.82. The number of benzene rings is 1. The number of hydrogen-bond donors (Lipinski definition) is 0. The highest BCUT2D eigenvalue weighted by atomic mass is 32.2. The Bertz CT molecular complexity index is 707. The molecule has 0 aromatic heterocycles. The fourth-order valence-corrected chi connectivity index (χ4v) is 5.22. The SMILES string of the molecule is Cc1ccc(C(=O)N2CCCCCC2)cc1N1CCCCS1(=O)=O. The van der Waals surface area contributed by atoms with Crippen LogP contribution in [0.15, 0.2) is 18.2 Å². The van der Waals surface area contributed by atoms with Crippen molar-refractivity contribution >= 4 is 21.6 Å². The van der Waals surface area contributed by atoms with Crippen LogP contribution in [0.2, 0.25) is 0 Å². The van der Waals surface area contributed by atoms with E-state index in [1.807, 2.05) is 24.0 Å². The second kappa shape index (κ2) is 7.13. The van der Waals surface area contributed by atoms with Crippen LogP contribution in [0.5, 0.6) is 0 Å². The van der Waals surface area contributed by atoms with Crippen LogP contribution in [0.1, 0.15) is 54.4 Å². The molecule has 1 aromatic rings. The van der Waals surface area contributed by atoms with Crippen LogP contribution in [0.4, 0.5) is 5.69 Å². The second-order valence-corrected chi connectivity index (χ2v) is 8.82. The lowest BCUT2D eigenvalue weighted by Crippen LogP contribution is -2.38. The maximum Gasteiger partial charge on any atom is 0.253 e. The predicted molar refractivity (Wildman–Crippen MR) is 95.9 cm³/mol. The van der Waals surface area contributed by atoms with Crippen molar-refractivity contribution < 1.29 is 13.2 Å². The van der Waals surface area contributed by atoms with Gasteiger partial charge in [0.25, 0.3) is 5.91 Å². The molecule has 6 heteroatoms. The van der Waals surface area contributed by atoms with Crippen molar-refractivity contribution in [1.82, 2.24) is 4.90 Å². The van der Waals surface area contributed by atoms with Crippen LogP contribution >= 0.6 is 0 Å². The summed E-state index contributed by atoms with van der Waals surface area (Å²) in [5.74, 6) is 0.212. The molecule has 0 saturated carbocycles. The highest BCUT2D eigenvalue weighted by Crippen LogP contribution is 2.28. The Balaban J connectivity index is 1.89. The van der Waals surface area contributed by atoms with Crippen molar-refractivity contribution in [2.24, 2.45) is 0 Å². The molecule has 0 aliphatic carbocycles. The van der Waals surface area contributed by atoms with E-state index in [0.717, 1.165) is 37.9 Å². The van der Waals surface area contributed by atoms with Crippen molar-refractivity contribution in [2.45, 2.75) is 45.4 Å². The van der Waals surface area contributed by atoms with Gasteiger partial charge < -0.3 is 4.90 Å². The number of aryl methyl sites for hydroxylation is 1. The molecule has 0 N–H and O–H groups in total. The van der Waals surface area contributed by atoms with Crippen LogP contribution < -0.4 is 4.31 Å². The minimum Gasteiger partial charge on any atom is -0.339 e. The van der Waals surface area contributed by atoms with Gasteiger partial charge in [-0.2, -0.15) is 0 Å². The van der Waals surface area contributed by atoms with Gasteiger partial charge in [-0.25, -0.2) is 8.42 Å². The zero-order valence-electron chi connectivity index (χ0n) is 14.3. The molecule has 2 heterocycles. The van der Waals surface area contributed by atoms with E-state index in [1.54, 1.807) is 6.07 Å². The molecule has 5 nitrogen and oxygen atoms in total. The summed E-state index contributed by atoms with van der Waals surface area (Å²) in [7, 11) is -3.26. The maximum atomic E-state index is 12.8. The Morgan fingerprint density at radius 3 is 2.29 bits per heavy atom. The van der Waals surface area contributed by atoms with Gasteiger partial charge in [-0.15, -0.1) is 0 Å². The van der Waals surface area contributed by atoms with Crippen LogP contribution in [0.25, 0.3) is 0 Å². The van der Waals surface area contributed by atoms with Gasteiger partial charge in [0.05, 0.1) is 11.4 Å². The molecule has 2 fully saturated rings. The van der Waals surface area contributed by atoms with E-state index < -0.39 is 10.0 Å². The average molecular weight is 350 g/mol. The van der Waals surface area contributed by atoms with Gasteiger partial charge in [0, 0.05) is 25.2 Å². The fourth-order valence-electron chi connectivity index (χ4n) is 3.53. The zero-order valence-corrected chi connectivity index (χ0v) is 15.1. The molecule has 0 atom stereocenters. The normalized spacial score (nSPS) is 21.4. The number of anilines is 1. The highest BCUT2D eigenvalue weighted by molar-refractivity contribution is 7.92. The molecule has 0 unspecified atom stereocenters. The first-order chi connectivity index (χ1) is 11.5. The Kier molecular flexibility index (Phi) is 5.13. The average Bonchev–Trinajstić information content (AvgIpc) is 2.84. The van der Waals surface area contributed by atoms with E-state index >= 15 is 0 Å². The minimum atomic E-state index is -3.26. The summed E-state index contributed by atoms with van der Waals surface area (Å²) in [6, 6.07) is 5.46. The van der Waals surface area contributed by atoms with E-state index in [-0.39, 0.29) is 11.7 Å². The Hall–Kier alpha value is -1.56. The summed E-state index contributed by atoms with van der Waals surface area (Å²) >= 11 is 0. The van der Waals surface area contributed by atoms with E-state index in [4.69, 9.17) is 0 Å². The van der Waals surface area contributed by atoms with Crippen LogP contribution in [-0.4, -0.2) is 44.6 Å². The summed E-state index contributed by atoms with van der Waals surface area (Å²) in [5.41, 5.74) is 2.15. The fraction of sp³-hybridized carbons (Fsp3) is 0.611. The molecule has 0 radical (unpaired) electrons. The van der Waals surface area contributed by atoms with Gasteiger partial charge in [0.15, 0.2) is 0 Å². The van der Waals surface area contributed by atoms with Gasteiger partial charge in [0.2, 0.25) is 10.0 Å². The van der Waals surface area contributed by atoms with Gasteiger partial charge in [0.1, 0.15) is 0 Å². The maximum absolute atomic E-state index is 12.8. The van der Waals surface area contributed by atoms with Gasteiger partial charge in [-0.1, -0.05) is 18.9 Å². The molecule has 132 valence electrons. The van der Waals surface area contributed by atoms with Crippen molar-refractivity contribution in [2.75, 3.05) is 29.7 Å². The lowest BCUT2D eigenvalue weighted by molar-refractivity contribution is 0.0761. The molecule has 1 amide bonds. The lowest BCUT2D eigenvalue weighted by atomic mass is 10.1.